The minimum Gasteiger partial charge on any atom is -0.495 e. The van der Waals surface area contributed by atoms with Gasteiger partial charge in [-0.25, -0.2) is 5.43 Å². The first-order valence-corrected chi connectivity index (χ1v) is 9.70. The Morgan fingerprint density at radius 3 is 2.74 bits per heavy atom. The number of hydrazone groups is 1. The Balaban J connectivity index is 2.00. The van der Waals surface area contributed by atoms with Gasteiger partial charge in [-0.2, -0.15) is 5.10 Å². The fourth-order valence-electron chi connectivity index (χ4n) is 2.13. The second-order valence-corrected chi connectivity index (χ2v) is 7.73. The number of methoxy groups -OCH3 is 1. The van der Waals surface area contributed by atoms with Crippen molar-refractivity contribution in [1.29, 1.82) is 0 Å². The molecule has 10 heteroatoms. The van der Waals surface area contributed by atoms with E-state index in [1.54, 1.807) is 20.1 Å². The van der Waals surface area contributed by atoms with Crippen LogP contribution in [0.4, 0.5) is 5.69 Å². The number of amides is 1. The van der Waals surface area contributed by atoms with Gasteiger partial charge in [0.05, 0.1) is 21.8 Å². The minimum absolute atomic E-state index is 0.0264. The van der Waals surface area contributed by atoms with Gasteiger partial charge in [0.1, 0.15) is 5.75 Å². The highest BCUT2D eigenvalue weighted by molar-refractivity contribution is 14.1. The lowest BCUT2D eigenvalue weighted by Crippen LogP contribution is -2.24. The Kier molecular flexibility index (Phi) is 7.77. The Bertz CT molecular complexity index is 902. The third-order valence-corrected chi connectivity index (χ3v) is 4.73. The molecule has 1 amide bonds. The van der Waals surface area contributed by atoms with Gasteiger partial charge in [0.25, 0.3) is 5.91 Å². The van der Waals surface area contributed by atoms with E-state index in [1.165, 1.54) is 18.3 Å². The summed E-state index contributed by atoms with van der Waals surface area (Å²) in [5, 5.41) is 14.9. The van der Waals surface area contributed by atoms with E-state index in [0.29, 0.717) is 11.3 Å². The number of nitro groups is 1. The Morgan fingerprint density at radius 2 is 2.07 bits per heavy atom. The summed E-state index contributed by atoms with van der Waals surface area (Å²) < 4.78 is 12.5. The van der Waals surface area contributed by atoms with Gasteiger partial charge in [-0.3, -0.25) is 14.9 Å². The number of halogens is 2. The summed E-state index contributed by atoms with van der Waals surface area (Å²) in [6, 6.07) is 8.34. The first-order valence-electron chi connectivity index (χ1n) is 7.54. The molecule has 2 aromatic carbocycles. The molecular weight excluding hydrogens is 580 g/mol. The van der Waals surface area contributed by atoms with Crippen LogP contribution >= 0.6 is 45.2 Å². The average Bonchev–Trinajstić information content (AvgIpc) is 2.60. The minimum atomic E-state index is -0.552. The first-order chi connectivity index (χ1) is 12.8. The molecule has 0 saturated carbocycles. The van der Waals surface area contributed by atoms with Crippen molar-refractivity contribution < 1.29 is 19.2 Å². The number of benzene rings is 2. The zero-order valence-electron chi connectivity index (χ0n) is 14.4. The number of nitro benzene ring substituents is 1. The van der Waals surface area contributed by atoms with E-state index in [0.717, 1.165) is 12.7 Å². The van der Waals surface area contributed by atoms with Crippen molar-refractivity contribution >= 4 is 63.0 Å². The molecule has 1 N–H and O–H groups in total. The molecule has 8 nitrogen and oxygen atoms in total. The van der Waals surface area contributed by atoms with Gasteiger partial charge >= 0.3 is 5.69 Å². The quantitative estimate of drug-likeness (QED) is 0.228. The van der Waals surface area contributed by atoms with Gasteiger partial charge in [0, 0.05) is 15.2 Å². The normalized spacial score (nSPS) is 10.7. The summed E-state index contributed by atoms with van der Waals surface area (Å²) in [4.78, 5) is 22.4. The number of ether oxygens (including phenoxy) is 2. The van der Waals surface area contributed by atoms with Crippen LogP contribution in [0.1, 0.15) is 11.1 Å². The van der Waals surface area contributed by atoms with Gasteiger partial charge in [-0.05, 0) is 75.9 Å². The third-order valence-electron chi connectivity index (χ3n) is 3.30. The lowest BCUT2D eigenvalue weighted by molar-refractivity contribution is -0.385. The molecule has 0 unspecified atom stereocenters. The molecule has 0 atom stereocenters. The molecular formula is C17H15I2N3O5. The molecule has 0 aliphatic heterocycles. The van der Waals surface area contributed by atoms with E-state index in [9.17, 15) is 14.9 Å². The van der Waals surface area contributed by atoms with Crippen LogP contribution in [-0.2, 0) is 4.79 Å². The van der Waals surface area contributed by atoms with Gasteiger partial charge in [-0.1, -0.05) is 6.07 Å². The molecule has 0 fully saturated rings. The van der Waals surface area contributed by atoms with Crippen LogP contribution in [0.2, 0.25) is 0 Å². The van der Waals surface area contributed by atoms with Gasteiger partial charge in [0.15, 0.2) is 12.4 Å². The van der Waals surface area contributed by atoms with E-state index in [-0.39, 0.29) is 11.4 Å². The van der Waals surface area contributed by atoms with Crippen LogP contribution in [0.25, 0.3) is 0 Å². The lowest BCUT2D eigenvalue weighted by atomic mass is 10.2. The van der Waals surface area contributed by atoms with Crippen LogP contribution in [-0.4, -0.2) is 30.8 Å². The summed E-state index contributed by atoms with van der Waals surface area (Å²) in [6.07, 6.45) is 1.47. The van der Waals surface area contributed by atoms with Crippen LogP contribution in [0.3, 0.4) is 0 Å². The predicted molar refractivity (Wildman–Crippen MR) is 117 cm³/mol. The number of aryl methyl sites for hydroxylation is 1. The van der Waals surface area contributed by atoms with E-state index in [2.05, 4.69) is 55.7 Å². The van der Waals surface area contributed by atoms with Crippen LogP contribution < -0.4 is 14.9 Å². The molecule has 27 heavy (non-hydrogen) atoms. The molecule has 142 valence electrons. The maximum absolute atomic E-state index is 11.9. The number of carbonyl (C=O) groups is 1. The highest BCUT2D eigenvalue weighted by Crippen LogP contribution is 2.28. The molecule has 0 aliphatic rings. The number of nitrogens with one attached hydrogen (secondary N) is 1. The fraction of sp³-hybridized carbons (Fsp3) is 0.176. The van der Waals surface area contributed by atoms with Crippen LogP contribution in [0, 0.1) is 24.2 Å². The molecule has 0 heterocycles. The summed E-state index contributed by atoms with van der Waals surface area (Å²) in [5.74, 6) is 0.138. The number of carbonyl (C=O) groups excluding carboxylic acids is 1. The molecule has 0 saturated heterocycles. The van der Waals surface area contributed by atoms with Crippen molar-refractivity contribution in [3.63, 3.8) is 0 Å². The van der Waals surface area contributed by atoms with Crippen molar-refractivity contribution in [1.82, 2.24) is 5.43 Å². The molecule has 0 aromatic heterocycles. The second-order valence-electron chi connectivity index (χ2n) is 5.32. The van der Waals surface area contributed by atoms with Gasteiger partial charge in [-0.15, -0.1) is 0 Å². The van der Waals surface area contributed by atoms with Gasteiger partial charge in [0.2, 0.25) is 0 Å². The second kappa shape index (κ2) is 9.82. The molecule has 2 rings (SSSR count). The molecule has 0 spiro atoms. The maximum Gasteiger partial charge on any atom is 0.311 e. The molecule has 0 aliphatic carbocycles. The standard InChI is InChI=1S/C17H15I2N3O5/c1-10-3-4-15(14(5-10)22(24)25)27-9-16(23)21-20-8-11-6-12(18)7-13(19)17(11)26-2/h3-8H,9H2,1-2H3,(H,21,23)/b20-8-. The average molecular weight is 595 g/mol. The summed E-state index contributed by atoms with van der Waals surface area (Å²) in [6.45, 7) is 1.33. The zero-order chi connectivity index (χ0) is 20.0. The highest BCUT2D eigenvalue weighted by Gasteiger charge is 2.16. The zero-order valence-corrected chi connectivity index (χ0v) is 18.7. The number of rotatable bonds is 7. The fourth-order valence-corrected chi connectivity index (χ4v) is 4.24. The maximum atomic E-state index is 11.9. The SMILES string of the molecule is COc1c(I)cc(I)cc1/C=N\NC(=O)COc1ccc(C)cc1[N+](=O)[O-]. The summed E-state index contributed by atoms with van der Waals surface area (Å²) >= 11 is 4.33. The van der Waals surface area contributed by atoms with E-state index < -0.39 is 17.4 Å². The topological polar surface area (TPSA) is 103 Å². The Hall–Kier alpha value is -1.96. The predicted octanol–water partition coefficient (Wildman–Crippen LogP) is 3.65. The number of hydrogen-bond donors (Lipinski definition) is 1. The van der Waals surface area contributed by atoms with Gasteiger partial charge < -0.3 is 9.47 Å². The van der Waals surface area contributed by atoms with Crippen molar-refractivity contribution in [2.24, 2.45) is 5.10 Å². The molecule has 2 aromatic rings. The lowest BCUT2D eigenvalue weighted by Gasteiger charge is -2.08. The van der Waals surface area contributed by atoms with Crippen molar-refractivity contribution in [3.8, 4) is 11.5 Å². The monoisotopic (exact) mass is 595 g/mol. The van der Waals surface area contributed by atoms with Crippen LogP contribution in [0.5, 0.6) is 11.5 Å². The van der Waals surface area contributed by atoms with Crippen molar-refractivity contribution in [2.45, 2.75) is 6.92 Å². The number of hydrogen-bond acceptors (Lipinski definition) is 6. The Morgan fingerprint density at radius 1 is 1.33 bits per heavy atom. The largest absolute Gasteiger partial charge is 0.495 e. The third kappa shape index (κ3) is 6.02. The van der Waals surface area contributed by atoms with Crippen molar-refractivity contribution in [3.05, 3.63) is 58.7 Å². The van der Waals surface area contributed by atoms with E-state index in [1.807, 2.05) is 12.1 Å². The summed E-state index contributed by atoms with van der Waals surface area (Å²) in [5.41, 5.74) is 3.57. The van der Waals surface area contributed by atoms with E-state index >= 15 is 0 Å². The first kappa shape index (κ1) is 21.3. The van der Waals surface area contributed by atoms with Crippen LogP contribution in [0.15, 0.2) is 35.4 Å². The highest BCUT2D eigenvalue weighted by atomic mass is 127. The summed E-state index contributed by atoms with van der Waals surface area (Å²) in [7, 11) is 1.56. The number of nitrogens with zero attached hydrogens (tertiary/aromatic N) is 2. The van der Waals surface area contributed by atoms with Crippen molar-refractivity contribution in [2.75, 3.05) is 13.7 Å². The molecule has 0 radical (unpaired) electrons. The Labute approximate surface area is 182 Å². The molecule has 0 bridgehead atoms. The smallest absolute Gasteiger partial charge is 0.311 e. The van der Waals surface area contributed by atoms with E-state index in [4.69, 9.17) is 9.47 Å².